The molecular formula is C10H12N2O6S. The number of nitrogens with zero attached hydrogens (tertiary/aromatic N) is 2. The Morgan fingerprint density at radius 3 is 2.47 bits per heavy atom. The highest BCUT2D eigenvalue weighted by Gasteiger charge is 2.07. The summed E-state index contributed by atoms with van der Waals surface area (Å²) in [5.74, 6) is -0.326. The van der Waals surface area contributed by atoms with Gasteiger partial charge in [0, 0.05) is 7.05 Å². The summed E-state index contributed by atoms with van der Waals surface area (Å²) in [5.41, 5.74) is 2.34. The number of ether oxygens (including phenoxy) is 1. The number of imidazole rings is 1. The molecule has 104 valence electrons. The number of methoxy groups -OCH3 is 1. The van der Waals surface area contributed by atoms with Crippen LogP contribution in [0.1, 0.15) is 10.4 Å². The van der Waals surface area contributed by atoms with Crippen LogP contribution in [-0.2, 0) is 22.2 Å². The number of aromatic nitrogens is 2. The molecule has 9 heteroatoms. The van der Waals surface area contributed by atoms with E-state index in [0.29, 0.717) is 5.56 Å². The standard InChI is InChI=1S/C10H10N2O2.H2O4S/c1-12-6-11-8-4-3-7(5-9(8)12)10(13)14-2;1-5(2,3)4/h3-6H,1-2H3;(H2,1,2,3,4). The SMILES string of the molecule is COC(=O)c1ccc2ncn(C)c2c1.O=S(=O)(O)O. The van der Waals surface area contributed by atoms with Crippen molar-refractivity contribution < 1.29 is 27.1 Å². The molecule has 0 saturated carbocycles. The maximum atomic E-state index is 11.2. The lowest BCUT2D eigenvalue weighted by molar-refractivity contribution is 0.0601. The smallest absolute Gasteiger partial charge is 0.394 e. The molecule has 0 unspecified atom stereocenters. The molecule has 0 aliphatic rings. The third kappa shape index (κ3) is 4.66. The second-order valence-electron chi connectivity index (χ2n) is 3.50. The van der Waals surface area contributed by atoms with Crippen LogP contribution < -0.4 is 0 Å². The maximum absolute atomic E-state index is 11.2. The average Bonchev–Trinajstić information content (AvgIpc) is 2.67. The fourth-order valence-electron chi connectivity index (χ4n) is 1.37. The van der Waals surface area contributed by atoms with E-state index in [1.54, 1.807) is 18.5 Å². The van der Waals surface area contributed by atoms with Crippen LogP contribution in [0.5, 0.6) is 0 Å². The Morgan fingerprint density at radius 2 is 1.95 bits per heavy atom. The van der Waals surface area contributed by atoms with Crippen molar-refractivity contribution in [3.8, 4) is 0 Å². The van der Waals surface area contributed by atoms with Gasteiger partial charge in [0.2, 0.25) is 0 Å². The van der Waals surface area contributed by atoms with Crippen molar-refractivity contribution >= 4 is 27.4 Å². The molecule has 19 heavy (non-hydrogen) atoms. The molecular weight excluding hydrogens is 276 g/mol. The van der Waals surface area contributed by atoms with Crippen LogP contribution in [0, 0.1) is 0 Å². The van der Waals surface area contributed by atoms with Gasteiger partial charge >= 0.3 is 16.4 Å². The molecule has 0 spiro atoms. The number of benzene rings is 1. The molecule has 0 amide bonds. The lowest BCUT2D eigenvalue weighted by atomic mass is 10.2. The van der Waals surface area contributed by atoms with Crippen molar-refractivity contribution in [3.63, 3.8) is 0 Å². The van der Waals surface area contributed by atoms with Gasteiger partial charge in [0.05, 0.1) is 30.0 Å². The highest BCUT2D eigenvalue weighted by Crippen LogP contribution is 2.14. The number of carbonyl (C=O) groups is 1. The number of rotatable bonds is 1. The predicted molar refractivity (Wildman–Crippen MR) is 66.2 cm³/mol. The highest BCUT2D eigenvalue weighted by molar-refractivity contribution is 7.79. The topological polar surface area (TPSA) is 119 Å². The first-order chi connectivity index (χ1) is 8.72. The molecule has 1 heterocycles. The number of hydrogen-bond donors (Lipinski definition) is 2. The summed E-state index contributed by atoms with van der Waals surface area (Å²) in [7, 11) is -1.41. The van der Waals surface area contributed by atoms with Crippen LogP contribution in [0.2, 0.25) is 0 Å². The van der Waals surface area contributed by atoms with E-state index in [9.17, 15) is 4.79 Å². The first-order valence-corrected chi connectivity index (χ1v) is 6.31. The van der Waals surface area contributed by atoms with Gasteiger partial charge in [0.1, 0.15) is 0 Å². The van der Waals surface area contributed by atoms with Gasteiger partial charge in [-0.1, -0.05) is 0 Å². The monoisotopic (exact) mass is 288 g/mol. The molecule has 0 aliphatic carbocycles. The Morgan fingerprint density at radius 1 is 1.37 bits per heavy atom. The molecule has 2 aromatic rings. The Kier molecular flexibility index (Phi) is 4.59. The van der Waals surface area contributed by atoms with Gasteiger partial charge in [-0.05, 0) is 18.2 Å². The quantitative estimate of drug-likeness (QED) is 0.585. The summed E-state index contributed by atoms with van der Waals surface area (Å²) < 4.78 is 38.1. The molecule has 0 fully saturated rings. The molecule has 0 aliphatic heterocycles. The molecule has 2 N–H and O–H groups in total. The Bertz CT molecular complexity index is 683. The molecule has 1 aromatic heterocycles. The first-order valence-electron chi connectivity index (χ1n) is 4.91. The van der Waals surface area contributed by atoms with Gasteiger partial charge in [-0.25, -0.2) is 9.78 Å². The molecule has 8 nitrogen and oxygen atoms in total. The Hall–Kier alpha value is -1.97. The van der Waals surface area contributed by atoms with E-state index in [0.717, 1.165) is 11.0 Å². The third-order valence-electron chi connectivity index (χ3n) is 2.15. The van der Waals surface area contributed by atoms with Gasteiger partial charge < -0.3 is 9.30 Å². The zero-order valence-electron chi connectivity index (χ0n) is 10.1. The van der Waals surface area contributed by atoms with E-state index in [1.165, 1.54) is 7.11 Å². The van der Waals surface area contributed by atoms with Gasteiger partial charge in [0.15, 0.2) is 0 Å². The second kappa shape index (κ2) is 5.78. The molecule has 0 radical (unpaired) electrons. The van der Waals surface area contributed by atoms with Crippen LogP contribution in [0.15, 0.2) is 24.5 Å². The van der Waals surface area contributed by atoms with Crippen molar-refractivity contribution in [2.75, 3.05) is 7.11 Å². The highest BCUT2D eigenvalue weighted by atomic mass is 32.3. The van der Waals surface area contributed by atoms with E-state index >= 15 is 0 Å². The van der Waals surface area contributed by atoms with Gasteiger partial charge in [0.25, 0.3) is 0 Å². The number of carbonyl (C=O) groups excluding carboxylic acids is 1. The number of fused-ring (bicyclic) bond motifs is 1. The number of hydrogen-bond acceptors (Lipinski definition) is 5. The van der Waals surface area contributed by atoms with Gasteiger partial charge in [-0.2, -0.15) is 8.42 Å². The van der Waals surface area contributed by atoms with Gasteiger partial charge in [-0.15, -0.1) is 0 Å². The average molecular weight is 288 g/mol. The normalized spacial score (nSPS) is 10.7. The van der Waals surface area contributed by atoms with Crippen molar-refractivity contribution in [2.24, 2.45) is 7.05 Å². The van der Waals surface area contributed by atoms with Crippen molar-refractivity contribution in [3.05, 3.63) is 30.1 Å². The van der Waals surface area contributed by atoms with Crippen LogP contribution in [0.4, 0.5) is 0 Å². The largest absolute Gasteiger partial charge is 0.465 e. The fourth-order valence-corrected chi connectivity index (χ4v) is 1.37. The minimum Gasteiger partial charge on any atom is -0.465 e. The molecule has 2 rings (SSSR count). The van der Waals surface area contributed by atoms with Crippen molar-refractivity contribution in [1.82, 2.24) is 9.55 Å². The summed E-state index contributed by atoms with van der Waals surface area (Å²) in [5, 5.41) is 0. The van der Waals surface area contributed by atoms with E-state index < -0.39 is 10.4 Å². The second-order valence-corrected chi connectivity index (χ2v) is 4.39. The Balaban J connectivity index is 0.000000312. The van der Waals surface area contributed by atoms with Crippen molar-refractivity contribution in [2.45, 2.75) is 0 Å². The predicted octanol–water partition coefficient (Wildman–Crippen LogP) is 0.707. The van der Waals surface area contributed by atoms with Crippen LogP contribution in [0.3, 0.4) is 0 Å². The zero-order chi connectivity index (χ0) is 14.6. The summed E-state index contributed by atoms with van der Waals surface area (Å²) in [6, 6.07) is 5.29. The van der Waals surface area contributed by atoms with E-state index in [1.807, 2.05) is 17.7 Å². The van der Waals surface area contributed by atoms with Crippen LogP contribution in [-0.4, -0.2) is 40.2 Å². The summed E-state index contributed by atoms with van der Waals surface area (Å²) in [4.78, 5) is 15.4. The fraction of sp³-hybridized carbons (Fsp3) is 0.200. The maximum Gasteiger partial charge on any atom is 0.394 e. The third-order valence-corrected chi connectivity index (χ3v) is 2.15. The van der Waals surface area contributed by atoms with Crippen LogP contribution in [0.25, 0.3) is 11.0 Å². The van der Waals surface area contributed by atoms with Crippen molar-refractivity contribution in [1.29, 1.82) is 0 Å². The van der Waals surface area contributed by atoms with Gasteiger partial charge in [-0.3, -0.25) is 9.11 Å². The Labute approximate surface area is 109 Å². The molecule has 1 aromatic carbocycles. The summed E-state index contributed by atoms with van der Waals surface area (Å²) in [6.45, 7) is 0. The number of esters is 1. The van der Waals surface area contributed by atoms with E-state index in [2.05, 4.69) is 9.72 Å². The summed E-state index contributed by atoms with van der Waals surface area (Å²) in [6.07, 6.45) is 1.71. The van der Waals surface area contributed by atoms with E-state index in [4.69, 9.17) is 17.5 Å². The first kappa shape index (κ1) is 15.1. The minimum absolute atomic E-state index is 0.326. The molecule has 0 bridgehead atoms. The molecule has 0 saturated heterocycles. The number of aryl methyl sites for hydroxylation is 1. The van der Waals surface area contributed by atoms with E-state index in [-0.39, 0.29) is 5.97 Å². The molecule has 0 atom stereocenters. The lowest BCUT2D eigenvalue weighted by Gasteiger charge is -1.99. The zero-order valence-corrected chi connectivity index (χ0v) is 11.0. The summed E-state index contributed by atoms with van der Waals surface area (Å²) >= 11 is 0. The minimum atomic E-state index is -4.67. The van der Waals surface area contributed by atoms with Crippen LogP contribution >= 0.6 is 0 Å². The lowest BCUT2D eigenvalue weighted by Crippen LogP contribution is -2.00.